The first-order chi connectivity index (χ1) is 17.4. The number of ketones is 2. The Hall–Kier alpha value is -4.27. The summed E-state index contributed by atoms with van der Waals surface area (Å²) in [5.74, 6) is -1.97. The number of hydrogen-bond donors (Lipinski definition) is 2. The van der Waals surface area contributed by atoms with Crippen molar-refractivity contribution in [1.82, 2.24) is 4.98 Å². The van der Waals surface area contributed by atoms with E-state index in [2.05, 4.69) is 5.32 Å². The highest BCUT2D eigenvalue weighted by Crippen LogP contribution is 2.58. The molecule has 0 radical (unpaired) electrons. The molecule has 3 N–H and O–H groups in total. The number of thiazole rings is 1. The SMILES string of the molecule is NC1=C(c2nc3ccccc3s2)C2(C(=O)Nc3ccc(Cl)cc32)C2=C(O1)C(=O)c1ccccc1C2=O. The largest absolute Gasteiger partial charge is 0.437 e. The average Bonchev–Trinajstić information content (AvgIpc) is 3.42. The minimum absolute atomic E-state index is 0.0897. The molecule has 4 aromatic rings. The van der Waals surface area contributed by atoms with Gasteiger partial charge >= 0.3 is 0 Å². The molecule has 1 aromatic heterocycles. The number of rotatable bonds is 1. The van der Waals surface area contributed by atoms with Crippen LogP contribution in [0.25, 0.3) is 15.8 Å². The second-order valence-corrected chi connectivity index (χ2v) is 10.1. The molecule has 36 heavy (non-hydrogen) atoms. The predicted molar refractivity (Wildman–Crippen MR) is 136 cm³/mol. The fourth-order valence-electron chi connectivity index (χ4n) is 5.28. The van der Waals surface area contributed by atoms with E-state index in [9.17, 15) is 14.4 Å². The Kier molecular flexibility index (Phi) is 4.17. The highest BCUT2D eigenvalue weighted by atomic mass is 35.5. The standard InChI is InChI=1S/C27H14ClN3O4S/c28-12-9-10-16-15(11-12)27(26(34)31-16)19-21(32)13-5-1-2-6-14(13)22(33)23(19)35-24(29)20(27)25-30-17-7-3-4-8-18(17)36-25/h1-11H,29H2,(H,31,34). The molecule has 0 bridgehead atoms. The molecule has 0 fully saturated rings. The van der Waals surface area contributed by atoms with Crippen LogP contribution in [0.4, 0.5) is 5.69 Å². The third-order valence-corrected chi connectivity index (χ3v) is 8.06. The number of nitrogens with two attached hydrogens (primary N) is 1. The van der Waals surface area contributed by atoms with Gasteiger partial charge in [0.25, 0.3) is 0 Å². The maximum Gasteiger partial charge on any atom is 0.244 e. The van der Waals surface area contributed by atoms with E-state index in [-0.39, 0.29) is 33.9 Å². The van der Waals surface area contributed by atoms with Crippen LogP contribution in [0.1, 0.15) is 31.3 Å². The number of amides is 1. The third-order valence-electron chi connectivity index (χ3n) is 6.77. The monoisotopic (exact) mass is 511 g/mol. The molecule has 2 aliphatic heterocycles. The first-order valence-corrected chi connectivity index (χ1v) is 12.2. The quantitative estimate of drug-likeness (QED) is 0.378. The van der Waals surface area contributed by atoms with E-state index in [0.717, 1.165) is 4.70 Å². The molecule has 1 atom stereocenters. The molecule has 3 aliphatic rings. The molecular formula is C27H14ClN3O4S. The lowest BCUT2D eigenvalue weighted by atomic mass is 9.64. The van der Waals surface area contributed by atoms with Gasteiger partial charge in [-0.25, -0.2) is 4.98 Å². The molecular weight excluding hydrogens is 498 g/mol. The van der Waals surface area contributed by atoms with Crippen LogP contribution >= 0.6 is 22.9 Å². The summed E-state index contributed by atoms with van der Waals surface area (Å²) >= 11 is 7.71. The Morgan fingerprint density at radius 2 is 1.64 bits per heavy atom. The van der Waals surface area contributed by atoms with Gasteiger partial charge in [-0.3, -0.25) is 14.4 Å². The smallest absolute Gasteiger partial charge is 0.244 e. The number of para-hydroxylation sites is 1. The molecule has 174 valence electrons. The minimum Gasteiger partial charge on any atom is -0.437 e. The minimum atomic E-state index is -1.79. The van der Waals surface area contributed by atoms with Gasteiger partial charge in [0.05, 0.1) is 21.4 Å². The van der Waals surface area contributed by atoms with E-state index in [1.807, 2.05) is 24.3 Å². The van der Waals surface area contributed by atoms with Crippen LogP contribution < -0.4 is 11.1 Å². The van der Waals surface area contributed by atoms with Crippen molar-refractivity contribution in [2.24, 2.45) is 5.73 Å². The number of halogens is 1. The first kappa shape index (κ1) is 21.0. The number of nitrogens with zero attached hydrogens (tertiary/aromatic N) is 1. The predicted octanol–water partition coefficient (Wildman–Crippen LogP) is 4.83. The summed E-state index contributed by atoms with van der Waals surface area (Å²) < 4.78 is 6.76. The summed E-state index contributed by atoms with van der Waals surface area (Å²) in [5, 5.41) is 3.63. The molecule has 1 unspecified atom stereocenters. The van der Waals surface area contributed by atoms with E-state index in [4.69, 9.17) is 27.1 Å². The summed E-state index contributed by atoms with van der Waals surface area (Å²) in [4.78, 5) is 46.4. The number of benzene rings is 3. The van der Waals surface area contributed by atoms with E-state index in [0.29, 0.717) is 26.8 Å². The van der Waals surface area contributed by atoms with Gasteiger partial charge in [-0.2, -0.15) is 0 Å². The van der Waals surface area contributed by atoms with Crippen molar-refractivity contribution in [3.63, 3.8) is 0 Å². The van der Waals surface area contributed by atoms with Gasteiger partial charge < -0.3 is 15.8 Å². The Morgan fingerprint density at radius 3 is 2.42 bits per heavy atom. The normalized spacial score (nSPS) is 20.4. The highest BCUT2D eigenvalue weighted by Gasteiger charge is 2.62. The lowest BCUT2D eigenvalue weighted by Crippen LogP contribution is -2.47. The molecule has 7 rings (SSSR count). The second-order valence-electron chi connectivity index (χ2n) is 8.63. The van der Waals surface area contributed by atoms with Gasteiger partial charge in [0.1, 0.15) is 10.4 Å². The summed E-state index contributed by atoms with van der Waals surface area (Å²) in [5.41, 5.74) is 6.79. The molecule has 1 spiro atoms. The van der Waals surface area contributed by atoms with Crippen molar-refractivity contribution >= 4 is 61.9 Å². The average molecular weight is 512 g/mol. The van der Waals surface area contributed by atoms with Crippen molar-refractivity contribution in [2.45, 2.75) is 5.41 Å². The summed E-state index contributed by atoms with van der Waals surface area (Å²) in [6.07, 6.45) is 0. The molecule has 0 saturated carbocycles. The number of anilines is 1. The molecule has 1 amide bonds. The lowest BCUT2D eigenvalue weighted by Gasteiger charge is -2.38. The maximum atomic E-state index is 14.1. The van der Waals surface area contributed by atoms with Gasteiger partial charge in [0.15, 0.2) is 17.4 Å². The number of fused-ring (bicyclic) bond motifs is 5. The summed E-state index contributed by atoms with van der Waals surface area (Å²) in [6, 6.07) is 18.9. The number of allylic oxidation sites excluding steroid dienone is 1. The van der Waals surface area contributed by atoms with Crippen molar-refractivity contribution in [3.05, 3.63) is 111 Å². The molecule has 9 heteroatoms. The maximum absolute atomic E-state index is 14.1. The molecule has 3 aromatic carbocycles. The fraction of sp³-hybridized carbons (Fsp3) is 0.0370. The second kappa shape index (κ2) is 7.13. The highest BCUT2D eigenvalue weighted by molar-refractivity contribution is 7.19. The van der Waals surface area contributed by atoms with Crippen LogP contribution in [-0.4, -0.2) is 22.5 Å². The summed E-state index contributed by atoms with van der Waals surface area (Å²) in [6.45, 7) is 0. The van der Waals surface area contributed by atoms with Crippen LogP contribution in [-0.2, 0) is 14.9 Å². The van der Waals surface area contributed by atoms with Crippen LogP contribution in [0.3, 0.4) is 0 Å². The van der Waals surface area contributed by atoms with Crippen molar-refractivity contribution < 1.29 is 19.1 Å². The zero-order chi connectivity index (χ0) is 24.8. The Labute approximate surface area is 212 Å². The van der Waals surface area contributed by atoms with E-state index in [1.165, 1.54) is 11.3 Å². The third kappa shape index (κ3) is 2.52. The molecule has 3 heterocycles. The van der Waals surface area contributed by atoms with Crippen LogP contribution in [0, 0.1) is 0 Å². The number of carbonyl (C=O) groups excluding carboxylic acids is 3. The van der Waals surface area contributed by atoms with Gasteiger partial charge in [-0.05, 0) is 30.3 Å². The van der Waals surface area contributed by atoms with Gasteiger partial charge in [0.2, 0.25) is 11.7 Å². The zero-order valence-electron chi connectivity index (χ0n) is 18.3. The molecule has 0 saturated heterocycles. The molecule has 1 aliphatic carbocycles. The van der Waals surface area contributed by atoms with Crippen molar-refractivity contribution in [3.8, 4) is 0 Å². The van der Waals surface area contributed by atoms with E-state index >= 15 is 0 Å². The number of aromatic nitrogens is 1. The van der Waals surface area contributed by atoms with Crippen molar-refractivity contribution in [2.75, 3.05) is 5.32 Å². The number of nitrogens with one attached hydrogen (secondary N) is 1. The van der Waals surface area contributed by atoms with Crippen LogP contribution in [0.2, 0.25) is 5.02 Å². The zero-order valence-corrected chi connectivity index (χ0v) is 19.9. The first-order valence-electron chi connectivity index (χ1n) is 11.0. The Morgan fingerprint density at radius 1 is 0.917 bits per heavy atom. The number of ether oxygens (including phenoxy) is 1. The summed E-state index contributed by atoms with van der Waals surface area (Å²) in [7, 11) is 0. The number of carbonyl (C=O) groups is 3. The van der Waals surface area contributed by atoms with E-state index in [1.54, 1.807) is 42.5 Å². The topological polar surface area (TPSA) is 111 Å². The Balaban J connectivity index is 1.61. The van der Waals surface area contributed by atoms with E-state index < -0.39 is 22.9 Å². The fourth-order valence-corrected chi connectivity index (χ4v) is 6.52. The Bertz CT molecular complexity index is 1750. The van der Waals surface area contributed by atoms with Crippen LogP contribution in [0.15, 0.2) is 83.9 Å². The van der Waals surface area contributed by atoms with Crippen LogP contribution in [0.5, 0.6) is 0 Å². The van der Waals surface area contributed by atoms with Gasteiger partial charge in [-0.1, -0.05) is 48.0 Å². The number of hydrogen-bond acceptors (Lipinski definition) is 7. The van der Waals surface area contributed by atoms with Gasteiger partial charge in [-0.15, -0.1) is 11.3 Å². The van der Waals surface area contributed by atoms with Crippen molar-refractivity contribution in [1.29, 1.82) is 0 Å². The van der Waals surface area contributed by atoms with Gasteiger partial charge in [0, 0.05) is 27.4 Å². The lowest BCUT2D eigenvalue weighted by molar-refractivity contribution is -0.118. The molecule has 7 nitrogen and oxygen atoms in total. The number of Topliss-reactive ketones (excluding diaryl/α,β-unsaturated/α-hetero) is 2.